The topological polar surface area (TPSA) is 69.9 Å². The maximum atomic E-state index is 14.1. The van der Waals surface area contributed by atoms with Crippen molar-refractivity contribution >= 4 is 17.4 Å². The first-order valence-corrected chi connectivity index (χ1v) is 13.1. The fraction of sp³-hybridized carbons (Fsp3) is 0.323. The van der Waals surface area contributed by atoms with Gasteiger partial charge in [0, 0.05) is 24.6 Å². The molecule has 2 aromatic heterocycles. The third-order valence-electron chi connectivity index (χ3n) is 6.43. The van der Waals surface area contributed by atoms with Crippen LogP contribution in [-0.4, -0.2) is 26.7 Å². The van der Waals surface area contributed by atoms with Gasteiger partial charge in [-0.05, 0) is 75.9 Å². The molecule has 0 amide bonds. The van der Waals surface area contributed by atoms with E-state index in [-0.39, 0.29) is 48.7 Å². The normalized spacial score (nSPS) is 12.4. The zero-order valence-electron chi connectivity index (χ0n) is 23.1. The third-order valence-corrected chi connectivity index (χ3v) is 6.43. The maximum absolute atomic E-state index is 14.1. The summed E-state index contributed by atoms with van der Waals surface area (Å²) < 4.78 is 68.1. The minimum atomic E-state index is -1.06. The quantitative estimate of drug-likeness (QED) is 0.114. The fourth-order valence-electron chi connectivity index (χ4n) is 4.58. The number of rotatable bonds is 10. The first-order chi connectivity index (χ1) is 19.3. The van der Waals surface area contributed by atoms with Gasteiger partial charge in [-0.25, -0.2) is 22.5 Å². The summed E-state index contributed by atoms with van der Waals surface area (Å²) in [7, 11) is 0. The van der Waals surface area contributed by atoms with Crippen molar-refractivity contribution in [1.82, 2.24) is 9.38 Å². The Kier molecular flexibility index (Phi) is 8.80. The van der Waals surface area contributed by atoms with Crippen molar-refractivity contribution in [2.45, 2.75) is 65.1 Å². The van der Waals surface area contributed by atoms with Crippen molar-refractivity contribution in [2.24, 2.45) is 0 Å². The van der Waals surface area contributed by atoms with E-state index in [1.165, 1.54) is 22.6 Å². The maximum Gasteiger partial charge on any atom is 0.306 e. The second-order valence-corrected chi connectivity index (χ2v) is 10.7. The van der Waals surface area contributed by atoms with E-state index in [9.17, 15) is 27.2 Å². The molecule has 0 radical (unpaired) electrons. The second-order valence-electron chi connectivity index (χ2n) is 10.7. The average molecular weight is 571 g/mol. The van der Waals surface area contributed by atoms with E-state index < -0.39 is 40.8 Å². The van der Waals surface area contributed by atoms with E-state index in [1.54, 1.807) is 46.0 Å². The van der Waals surface area contributed by atoms with Crippen LogP contribution in [0.2, 0.25) is 0 Å². The number of hydrogen-bond acceptors (Lipinski definition) is 5. The highest BCUT2D eigenvalue weighted by Crippen LogP contribution is 2.31. The van der Waals surface area contributed by atoms with Crippen LogP contribution in [0.3, 0.4) is 0 Å². The number of ketones is 1. The Bertz CT molecular complexity index is 1590. The molecule has 0 saturated heterocycles. The van der Waals surface area contributed by atoms with E-state index in [0.29, 0.717) is 16.9 Å². The number of carbonyl (C=O) groups is 2. The molecule has 0 aliphatic heterocycles. The van der Waals surface area contributed by atoms with Crippen molar-refractivity contribution in [3.05, 3.63) is 101 Å². The average Bonchev–Trinajstić information content (AvgIpc) is 3.24. The number of pyridine rings is 1. The van der Waals surface area contributed by atoms with Gasteiger partial charge in [0.15, 0.2) is 40.4 Å². The number of esters is 1. The van der Waals surface area contributed by atoms with Crippen molar-refractivity contribution in [2.75, 3.05) is 0 Å². The molecule has 1 atom stereocenters. The van der Waals surface area contributed by atoms with Crippen molar-refractivity contribution in [3.63, 3.8) is 0 Å². The Hall–Kier alpha value is -4.21. The first-order valence-electron chi connectivity index (χ1n) is 13.1. The van der Waals surface area contributed by atoms with E-state index >= 15 is 0 Å². The molecule has 0 saturated carbocycles. The van der Waals surface area contributed by atoms with Crippen molar-refractivity contribution in [3.8, 4) is 5.75 Å². The molecule has 2 heterocycles. The largest absolute Gasteiger partial charge is 0.485 e. The lowest BCUT2D eigenvalue weighted by molar-refractivity contribution is -0.155. The predicted octanol–water partition coefficient (Wildman–Crippen LogP) is 7.26. The number of benzene rings is 2. The number of hydrogen-bond donors (Lipinski definition) is 0. The monoisotopic (exact) mass is 570 g/mol. The molecule has 0 fully saturated rings. The molecule has 4 aromatic rings. The Labute approximate surface area is 234 Å². The molecule has 0 aliphatic rings. The molecule has 0 bridgehead atoms. The van der Waals surface area contributed by atoms with Gasteiger partial charge in [-0.3, -0.25) is 14.0 Å². The smallest absolute Gasteiger partial charge is 0.306 e. The molecular formula is C31H30F4N2O4. The van der Waals surface area contributed by atoms with Gasteiger partial charge in [0.25, 0.3) is 0 Å². The lowest BCUT2D eigenvalue weighted by atomic mass is 9.88. The van der Waals surface area contributed by atoms with Crippen LogP contribution in [0.5, 0.6) is 5.75 Å². The molecule has 41 heavy (non-hydrogen) atoms. The number of imidazole rings is 1. The SMILES string of the molecule is Cc1nc2c(OCc3cccc(F)c3F)cccn2c1C(=O)CC(CCC(=O)OC(C)(C)C)c1ccc(F)c(F)c1. The number of halogens is 4. The number of aromatic nitrogens is 2. The van der Waals surface area contributed by atoms with Crippen LogP contribution >= 0.6 is 0 Å². The van der Waals surface area contributed by atoms with Gasteiger partial charge in [-0.1, -0.05) is 18.2 Å². The summed E-state index contributed by atoms with van der Waals surface area (Å²) in [5.74, 6) is -5.26. The Morgan fingerprint density at radius 3 is 2.44 bits per heavy atom. The van der Waals surface area contributed by atoms with E-state index in [0.717, 1.165) is 18.2 Å². The number of aryl methyl sites for hydroxylation is 1. The molecule has 0 spiro atoms. The van der Waals surface area contributed by atoms with Gasteiger partial charge in [-0.15, -0.1) is 0 Å². The van der Waals surface area contributed by atoms with E-state index in [2.05, 4.69) is 4.98 Å². The summed E-state index contributed by atoms with van der Waals surface area (Å²) in [5.41, 5.74) is 0.618. The van der Waals surface area contributed by atoms with Crippen LogP contribution in [-0.2, 0) is 16.1 Å². The molecule has 4 rings (SSSR count). The zero-order chi connectivity index (χ0) is 29.9. The van der Waals surface area contributed by atoms with Gasteiger partial charge < -0.3 is 9.47 Å². The van der Waals surface area contributed by atoms with E-state index in [4.69, 9.17) is 9.47 Å². The molecule has 10 heteroatoms. The van der Waals surface area contributed by atoms with Crippen molar-refractivity contribution < 1.29 is 36.6 Å². The van der Waals surface area contributed by atoms with Crippen LogP contribution in [0, 0.1) is 30.2 Å². The Morgan fingerprint density at radius 1 is 0.976 bits per heavy atom. The molecule has 0 aliphatic carbocycles. The molecule has 6 nitrogen and oxygen atoms in total. The van der Waals surface area contributed by atoms with Gasteiger partial charge in [0.1, 0.15) is 17.9 Å². The second kappa shape index (κ2) is 12.1. The van der Waals surface area contributed by atoms with Gasteiger partial charge in [-0.2, -0.15) is 0 Å². The minimum absolute atomic E-state index is 0.0194. The van der Waals surface area contributed by atoms with Gasteiger partial charge >= 0.3 is 5.97 Å². The number of nitrogens with zero attached hydrogens (tertiary/aromatic N) is 2. The van der Waals surface area contributed by atoms with Crippen LogP contribution in [0.1, 0.15) is 73.3 Å². The molecule has 1 unspecified atom stereocenters. The molecular weight excluding hydrogens is 540 g/mol. The van der Waals surface area contributed by atoms with E-state index in [1.807, 2.05) is 0 Å². The summed E-state index contributed by atoms with van der Waals surface area (Å²) in [4.78, 5) is 30.5. The number of ether oxygens (including phenoxy) is 2. The summed E-state index contributed by atoms with van der Waals surface area (Å²) in [6, 6.07) is 10.4. The molecule has 216 valence electrons. The lowest BCUT2D eigenvalue weighted by Crippen LogP contribution is -2.24. The summed E-state index contributed by atoms with van der Waals surface area (Å²) >= 11 is 0. The number of Topliss-reactive ketones (excluding diaryl/α,β-unsaturated/α-hetero) is 1. The summed E-state index contributed by atoms with van der Waals surface area (Å²) in [6.45, 7) is 6.59. The van der Waals surface area contributed by atoms with Crippen LogP contribution in [0.25, 0.3) is 5.65 Å². The fourth-order valence-corrected chi connectivity index (χ4v) is 4.58. The summed E-state index contributed by atoms with van der Waals surface area (Å²) in [6.07, 6.45) is 1.62. The Balaban J connectivity index is 1.60. The summed E-state index contributed by atoms with van der Waals surface area (Å²) in [5, 5.41) is 0. The number of fused-ring (bicyclic) bond motifs is 1. The lowest BCUT2D eigenvalue weighted by Gasteiger charge is -2.21. The van der Waals surface area contributed by atoms with Crippen LogP contribution in [0.15, 0.2) is 54.7 Å². The first kappa shape index (κ1) is 29.8. The predicted molar refractivity (Wildman–Crippen MR) is 144 cm³/mol. The minimum Gasteiger partial charge on any atom is -0.485 e. The zero-order valence-corrected chi connectivity index (χ0v) is 23.1. The van der Waals surface area contributed by atoms with Crippen LogP contribution in [0.4, 0.5) is 17.6 Å². The molecule has 2 aromatic carbocycles. The standard InChI is InChI=1S/C31H30F4N2O4/c1-18-29(37-14-6-9-26(30(37)36-18)40-17-21-7-5-8-23(33)28(21)35)25(38)16-20(11-13-27(39)41-31(2,3)4)19-10-12-22(32)24(34)15-19/h5-10,12,14-15,20H,11,13,16-17H2,1-4H3. The van der Waals surface area contributed by atoms with Gasteiger partial charge in [0.2, 0.25) is 0 Å². The highest BCUT2D eigenvalue weighted by Gasteiger charge is 2.26. The highest BCUT2D eigenvalue weighted by molar-refractivity contribution is 5.97. The number of carbonyl (C=O) groups excluding carboxylic acids is 2. The van der Waals surface area contributed by atoms with Crippen molar-refractivity contribution in [1.29, 1.82) is 0 Å². The van der Waals surface area contributed by atoms with Gasteiger partial charge in [0.05, 0.1) is 5.69 Å². The molecule has 0 N–H and O–H groups in total. The van der Waals surface area contributed by atoms with Crippen LogP contribution < -0.4 is 4.74 Å². The highest BCUT2D eigenvalue weighted by atomic mass is 19.2. The third kappa shape index (κ3) is 7.11. The Morgan fingerprint density at radius 2 is 1.73 bits per heavy atom.